The number of rotatable bonds is 14. The zero-order chi connectivity index (χ0) is 25.9. The third-order valence-electron chi connectivity index (χ3n) is 6.72. The number of hydrogen-bond acceptors (Lipinski definition) is 4. The Bertz CT molecular complexity index is 1090. The van der Waals surface area contributed by atoms with E-state index >= 15 is 0 Å². The van der Waals surface area contributed by atoms with Gasteiger partial charge in [0.1, 0.15) is 11.5 Å². The lowest BCUT2D eigenvalue weighted by Gasteiger charge is -2.16. The second-order valence-corrected chi connectivity index (χ2v) is 9.53. The fourth-order valence-electron chi connectivity index (χ4n) is 4.57. The van der Waals surface area contributed by atoms with E-state index < -0.39 is 0 Å². The van der Waals surface area contributed by atoms with Crippen molar-refractivity contribution in [1.82, 2.24) is 14.7 Å². The number of nitrogens with zero attached hydrogens (tertiary/aromatic N) is 3. The van der Waals surface area contributed by atoms with E-state index in [4.69, 9.17) is 5.10 Å². The number of phenols is 2. The highest BCUT2D eigenvalue weighted by molar-refractivity contribution is 5.76. The highest BCUT2D eigenvalue weighted by Gasteiger charge is 2.19. The number of phenolic OH excluding ortho intramolecular Hbond substituents is 2. The Morgan fingerprint density at radius 2 is 1.42 bits per heavy atom. The first kappa shape index (κ1) is 27.3. The minimum Gasteiger partial charge on any atom is -0.508 e. The fourth-order valence-corrected chi connectivity index (χ4v) is 4.57. The van der Waals surface area contributed by atoms with Crippen molar-refractivity contribution in [2.24, 2.45) is 0 Å². The van der Waals surface area contributed by atoms with Gasteiger partial charge >= 0.3 is 0 Å². The Morgan fingerprint density at radius 3 is 2.03 bits per heavy atom. The number of carbonyl (C=O) groups is 1. The van der Waals surface area contributed by atoms with Crippen LogP contribution in [0.5, 0.6) is 11.5 Å². The normalized spacial score (nSPS) is 11.1. The number of hydrogen-bond donors (Lipinski definition) is 2. The van der Waals surface area contributed by atoms with Gasteiger partial charge in [-0.3, -0.25) is 9.48 Å². The SMILES string of the molecule is CCCCN(C)C(=O)CCCCCCCn1nc(-c2ccc(O)cc2)c(CC)c1-c1ccc(O)cc1. The van der Waals surface area contributed by atoms with Gasteiger partial charge in [-0.2, -0.15) is 5.10 Å². The van der Waals surface area contributed by atoms with Crippen molar-refractivity contribution in [1.29, 1.82) is 0 Å². The maximum absolute atomic E-state index is 12.2. The zero-order valence-electron chi connectivity index (χ0n) is 22.0. The van der Waals surface area contributed by atoms with Gasteiger partial charge in [0.15, 0.2) is 0 Å². The Balaban J connectivity index is 1.63. The van der Waals surface area contributed by atoms with E-state index in [0.29, 0.717) is 6.42 Å². The molecule has 0 bridgehead atoms. The summed E-state index contributed by atoms with van der Waals surface area (Å²) in [7, 11) is 1.91. The molecule has 3 rings (SSSR count). The summed E-state index contributed by atoms with van der Waals surface area (Å²) >= 11 is 0. The second kappa shape index (κ2) is 13.7. The molecule has 3 aromatic rings. The van der Waals surface area contributed by atoms with E-state index in [0.717, 1.165) is 92.5 Å². The maximum Gasteiger partial charge on any atom is 0.222 e. The molecule has 0 aliphatic rings. The van der Waals surface area contributed by atoms with E-state index in [-0.39, 0.29) is 17.4 Å². The average Bonchev–Trinajstić information content (AvgIpc) is 3.25. The van der Waals surface area contributed by atoms with Gasteiger partial charge in [-0.25, -0.2) is 0 Å². The lowest BCUT2D eigenvalue weighted by atomic mass is 9.99. The Labute approximate surface area is 215 Å². The molecule has 0 saturated heterocycles. The molecule has 6 heteroatoms. The molecule has 1 heterocycles. The quantitative estimate of drug-likeness (QED) is 0.243. The highest BCUT2D eigenvalue weighted by atomic mass is 16.3. The van der Waals surface area contributed by atoms with Crippen molar-refractivity contribution in [3.63, 3.8) is 0 Å². The molecular formula is C30H41N3O3. The average molecular weight is 492 g/mol. The van der Waals surface area contributed by atoms with Crippen molar-refractivity contribution in [3.05, 3.63) is 54.1 Å². The molecule has 2 N–H and O–H groups in total. The molecule has 0 spiro atoms. The van der Waals surface area contributed by atoms with Crippen LogP contribution in [0.1, 0.15) is 70.8 Å². The van der Waals surface area contributed by atoms with Crippen LogP contribution < -0.4 is 0 Å². The number of aromatic nitrogens is 2. The molecular weight excluding hydrogens is 450 g/mol. The first-order valence-corrected chi connectivity index (χ1v) is 13.4. The summed E-state index contributed by atoms with van der Waals surface area (Å²) in [4.78, 5) is 14.1. The van der Waals surface area contributed by atoms with Crippen LogP contribution in [0.25, 0.3) is 22.5 Å². The van der Waals surface area contributed by atoms with Crippen LogP contribution in [-0.2, 0) is 17.8 Å². The molecule has 0 saturated carbocycles. The molecule has 0 unspecified atom stereocenters. The van der Waals surface area contributed by atoms with Gasteiger partial charge in [-0.05, 0) is 74.2 Å². The fraction of sp³-hybridized carbons (Fsp3) is 0.467. The van der Waals surface area contributed by atoms with Crippen LogP contribution in [0, 0.1) is 0 Å². The van der Waals surface area contributed by atoms with Gasteiger partial charge in [-0.15, -0.1) is 0 Å². The standard InChI is InChI=1S/C30H41N3O3/c1-4-6-21-32(3)28(36)12-10-8-7-9-11-22-33-30(24-15-19-26(35)20-16-24)27(5-2)29(31-33)23-13-17-25(34)18-14-23/h13-20,34-35H,4-12,21-22H2,1-3H3. The summed E-state index contributed by atoms with van der Waals surface area (Å²) in [5, 5.41) is 24.5. The maximum atomic E-state index is 12.2. The first-order valence-electron chi connectivity index (χ1n) is 13.4. The summed E-state index contributed by atoms with van der Waals surface area (Å²) < 4.78 is 2.10. The van der Waals surface area contributed by atoms with Crippen LogP contribution in [0.15, 0.2) is 48.5 Å². The molecule has 0 fully saturated rings. The van der Waals surface area contributed by atoms with Crippen molar-refractivity contribution >= 4 is 5.91 Å². The van der Waals surface area contributed by atoms with Crippen LogP contribution in [0.4, 0.5) is 0 Å². The van der Waals surface area contributed by atoms with E-state index in [2.05, 4.69) is 18.5 Å². The summed E-state index contributed by atoms with van der Waals surface area (Å²) in [6.07, 6.45) is 8.85. The molecule has 0 atom stereocenters. The number of amides is 1. The van der Waals surface area contributed by atoms with Crippen molar-refractivity contribution in [2.75, 3.05) is 13.6 Å². The lowest BCUT2D eigenvalue weighted by Crippen LogP contribution is -2.27. The summed E-state index contributed by atoms with van der Waals surface area (Å²) in [6.45, 7) is 5.94. The number of carbonyl (C=O) groups excluding carboxylic acids is 1. The largest absolute Gasteiger partial charge is 0.508 e. The Kier molecular flexibility index (Phi) is 10.4. The summed E-state index contributed by atoms with van der Waals surface area (Å²) in [5.41, 5.74) is 5.20. The molecule has 0 radical (unpaired) electrons. The Hall–Kier alpha value is -3.28. The van der Waals surface area contributed by atoms with Crippen LogP contribution >= 0.6 is 0 Å². The monoisotopic (exact) mass is 491 g/mol. The van der Waals surface area contributed by atoms with E-state index in [9.17, 15) is 15.0 Å². The van der Waals surface area contributed by atoms with Gasteiger partial charge in [0.05, 0.1) is 11.4 Å². The van der Waals surface area contributed by atoms with E-state index in [1.165, 1.54) is 0 Å². The summed E-state index contributed by atoms with van der Waals surface area (Å²) in [6, 6.07) is 14.5. The minimum atomic E-state index is 0.240. The molecule has 36 heavy (non-hydrogen) atoms. The molecule has 1 aromatic heterocycles. The molecule has 0 aliphatic carbocycles. The predicted octanol–water partition coefficient (Wildman–Crippen LogP) is 6.79. The third kappa shape index (κ3) is 7.36. The molecule has 6 nitrogen and oxygen atoms in total. The lowest BCUT2D eigenvalue weighted by molar-refractivity contribution is -0.130. The number of aromatic hydroxyl groups is 2. The van der Waals surface area contributed by atoms with Crippen LogP contribution in [0.3, 0.4) is 0 Å². The van der Waals surface area contributed by atoms with Crippen molar-refractivity contribution in [2.45, 2.75) is 78.2 Å². The van der Waals surface area contributed by atoms with Crippen molar-refractivity contribution in [3.8, 4) is 34.0 Å². The molecule has 2 aromatic carbocycles. The van der Waals surface area contributed by atoms with Gasteiger partial charge in [-0.1, -0.05) is 39.5 Å². The van der Waals surface area contributed by atoms with E-state index in [1.54, 1.807) is 24.3 Å². The molecule has 1 amide bonds. The topological polar surface area (TPSA) is 78.6 Å². The molecule has 0 aliphatic heterocycles. The summed E-state index contributed by atoms with van der Waals surface area (Å²) in [5.74, 6) is 0.744. The van der Waals surface area contributed by atoms with Gasteiger partial charge < -0.3 is 15.1 Å². The number of aryl methyl sites for hydroxylation is 1. The van der Waals surface area contributed by atoms with Gasteiger partial charge in [0, 0.05) is 43.2 Å². The number of benzene rings is 2. The third-order valence-corrected chi connectivity index (χ3v) is 6.72. The number of unbranched alkanes of at least 4 members (excludes halogenated alkanes) is 5. The second-order valence-electron chi connectivity index (χ2n) is 9.53. The van der Waals surface area contributed by atoms with Gasteiger partial charge in [0.25, 0.3) is 0 Å². The smallest absolute Gasteiger partial charge is 0.222 e. The predicted molar refractivity (Wildman–Crippen MR) is 146 cm³/mol. The van der Waals surface area contributed by atoms with Crippen molar-refractivity contribution < 1.29 is 15.0 Å². The zero-order valence-corrected chi connectivity index (χ0v) is 22.0. The Morgan fingerprint density at radius 1 is 0.833 bits per heavy atom. The van der Waals surface area contributed by atoms with Gasteiger partial charge in [0.2, 0.25) is 5.91 Å². The molecule has 194 valence electrons. The van der Waals surface area contributed by atoms with E-state index in [1.807, 2.05) is 36.2 Å². The first-order chi connectivity index (χ1) is 17.4. The van der Waals surface area contributed by atoms with Crippen LogP contribution in [0.2, 0.25) is 0 Å². The highest BCUT2D eigenvalue weighted by Crippen LogP contribution is 2.34. The van der Waals surface area contributed by atoms with Crippen LogP contribution in [-0.4, -0.2) is 44.4 Å². The minimum absolute atomic E-state index is 0.240.